The Morgan fingerprint density at radius 1 is 0.920 bits per heavy atom. The summed E-state index contributed by atoms with van der Waals surface area (Å²) in [6, 6.07) is 14.2. The number of amides is 1. The molecule has 25 heavy (non-hydrogen) atoms. The molecule has 0 bridgehead atoms. The predicted octanol–water partition coefficient (Wildman–Crippen LogP) is 3.53. The minimum Gasteiger partial charge on any atom is -0.461 e. The SMILES string of the molecule is O=C(OCc1cccc2ccccc12)C1CCN(C(=O)C2CC2)CC1. The first kappa shape index (κ1) is 16.1. The largest absolute Gasteiger partial charge is 0.461 e. The van der Waals surface area contributed by atoms with E-state index in [1.54, 1.807) is 0 Å². The number of piperidine rings is 1. The molecule has 130 valence electrons. The van der Waals surface area contributed by atoms with Gasteiger partial charge in [0, 0.05) is 19.0 Å². The van der Waals surface area contributed by atoms with Crippen LogP contribution in [-0.2, 0) is 20.9 Å². The van der Waals surface area contributed by atoms with Crippen molar-refractivity contribution in [2.75, 3.05) is 13.1 Å². The van der Waals surface area contributed by atoms with Crippen LogP contribution in [0.15, 0.2) is 42.5 Å². The standard InChI is InChI=1S/C21H23NO3/c23-20(16-8-9-16)22-12-10-17(11-13-22)21(24)25-14-18-6-3-5-15-4-1-2-7-19(15)18/h1-7,16-17H,8-14H2. The van der Waals surface area contributed by atoms with Gasteiger partial charge < -0.3 is 9.64 Å². The Labute approximate surface area is 147 Å². The summed E-state index contributed by atoms with van der Waals surface area (Å²) in [5.41, 5.74) is 1.03. The fraction of sp³-hybridized carbons (Fsp3) is 0.429. The molecule has 1 amide bonds. The van der Waals surface area contributed by atoms with E-state index < -0.39 is 0 Å². The molecule has 0 N–H and O–H groups in total. The molecule has 1 aliphatic heterocycles. The lowest BCUT2D eigenvalue weighted by atomic mass is 9.96. The summed E-state index contributed by atoms with van der Waals surface area (Å²) < 4.78 is 5.59. The second kappa shape index (κ2) is 6.87. The van der Waals surface area contributed by atoms with E-state index in [9.17, 15) is 9.59 Å². The van der Waals surface area contributed by atoms with Crippen molar-refractivity contribution in [2.24, 2.45) is 11.8 Å². The van der Waals surface area contributed by atoms with Crippen molar-refractivity contribution < 1.29 is 14.3 Å². The first-order chi connectivity index (χ1) is 12.2. The zero-order valence-corrected chi connectivity index (χ0v) is 14.3. The van der Waals surface area contributed by atoms with E-state index in [2.05, 4.69) is 18.2 Å². The summed E-state index contributed by atoms with van der Waals surface area (Å²) in [6.45, 7) is 1.67. The predicted molar refractivity (Wildman–Crippen MR) is 95.8 cm³/mol. The molecule has 0 unspecified atom stereocenters. The van der Waals surface area contributed by atoms with E-state index in [1.165, 1.54) is 0 Å². The number of nitrogens with zero attached hydrogens (tertiary/aromatic N) is 1. The summed E-state index contributed by atoms with van der Waals surface area (Å²) >= 11 is 0. The monoisotopic (exact) mass is 337 g/mol. The maximum atomic E-state index is 12.4. The third-order valence-electron chi connectivity index (χ3n) is 5.32. The van der Waals surface area contributed by atoms with Crippen LogP contribution < -0.4 is 0 Å². The zero-order chi connectivity index (χ0) is 17.2. The van der Waals surface area contributed by atoms with Crippen LogP contribution in [0.3, 0.4) is 0 Å². The van der Waals surface area contributed by atoms with Crippen molar-refractivity contribution in [3.8, 4) is 0 Å². The van der Waals surface area contributed by atoms with Crippen LogP contribution in [0, 0.1) is 11.8 Å². The molecule has 0 spiro atoms. The topological polar surface area (TPSA) is 46.6 Å². The van der Waals surface area contributed by atoms with Crippen LogP contribution in [-0.4, -0.2) is 29.9 Å². The zero-order valence-electron chi connectivity index (χ0n) is 14.3. The van der Waals surface area contributed by atoms with Gasteiger partial charge in [-0.1, -0.05) is 42.5 Å². The molecule has 1 saturated carbocycles. The highest BCUT2D eigenvalue weighted by atomic mass is 16.5. The fourth-order valence-corrected chi connectivity index (χ4v) is 3.61. The molecule has 4 heteroatoms. The van der Waals surface area contributed by atoms with Crippen LogP contribution in [0.5, 0.6) is 0 Å². The Bertz CT molecular complexity index is 783. The van der Waals surface area contributed by atoms with E-state index in [0.717, 1.165) is 29.2 Å². The van der Waals surface area contributed by atoms with Crippen molar-refractivity contribution in [3.63, 3.8) is 0 Å². The number of esters is 1. The van der Waals surface area contributed by atoms with Gasteiger partial charge in [-0.15, -0.1) is 0 Å². The molecule has 0 aromatic heterocycles. The van der Waals surface area contributed by atoms with Gasteiger partial charge >= 0.3 is 5.97 Å². The molecule has 1 saturated heterocycles. The summed E-state index contributed by atoms with van der Waals surface area (Å²) in [5.74, 6) is 0.321. The van der Waals surface area contributed by atoms with E-state index in [-0.39, 0.29) is 23.7 Å². The number of hydrogen-bond donors (Lipinski definition) is 0. The van der Waals surface area contributed by atoms with Gasteiger partial charge in [0.1, 0.15) is 6.61 Å². The number of carbonyl (C=O) groups excluding carboxylic acids is 2. The van der Waals surface area contributed by atoms with Gasteiger partial charge in [0.25, 0.3) is 0 Å². The van der Waals surface area contributed by atoms with Crippen molar-refractivity contribution in [1.29, 1.82) is 0 Å². The van der Waals surface area contributed by atoms with Crippen LogP contribution in [0.25, 0.3) is 10.8 Å². The van der Waals surface area contributed by atoms with Crippen molar-refractivity contribution in [3.05, 3.63) is 48.0 Å². The third kappa shape index (κ3) is 3.53. The molecule has 0 radical (unpaired) electrons. The van der Waals surface area contributed by atoms with E-state index >= 15 is 0 Å². The third-order valence-corrected chi connectivity index (χ3v) is 5.32. The van der Waals surface area contributed by atoms with Crippen LogP contribution in [0.4, 0.5) is 0 Å². The second-order valence-corrected chi connectivity index (χ2v) is 7.12. The lowest BCUT2D eigenvalue weighted by Gasteiger charge is -2.31. The highest BCUT2D eigenvalue weighted by molar-refractivity contribution is 5.86. The normalized spacial score (nSPS) is 18.3. The van der Waals surface area contributed by atoms with Gasteiger partial charge in [-0.25, -0.2) is 0 Å². The van der Waals surface area contributed by atoms with Crippen LogP contribution in [0.2, 0.25) is 0 Å². The van der Waals surface area contributed by atoms with Gasteiger partial charge in [0.05, 0.1) is 5.92 Å². The van der Waals surface area contributed by atoms with E-state index in [4.69, 9.17) is 4.74 Å². The smallest absolute Gasteiger partial charge is 0.309 e. The Hall–Kier alpha value is -2.36. The first-order valence-corrected chi connectivity index (χ1v) is 9.14. The maximum Gasteiger partial charge on any atom is 0.309 e. The summed E-state index contributed by atoms with van der Waals surface area (Å²) in [4.78, 5) is 26.4. The summed E-state index contributed by atoms with van der Waals surface area (Å²) in [7, 11) is 0. The fourth-order valence-electron chi connectivity index (χ4n) is 3.61. The molecule has 0 atom stereocenters. The number of rotatable bonds is 4. The number of carbonyl (C=O) groups is 2. The number of ether oxygens (including phenoxy) is 1. The van der Waals surface area contributed by atoms with Crippen molar-refractivity contribution >= 4 is 22.6 Å². The summed E-state index contributed by atoms with van der Waals surface area (Å²) in [6.07, 6.45) is 3.50. The highest BCUT2D eigenvalue weighted by Gasteiger charge is 2.36. The lowest BCUT2D eigenvalue weighted by Crippen LogP contribution is -2.41. The first-order valence-electron chi connectivity index (χ1n) is 9.14. The van der Waals surface area contributed by atoms with Gasteiger partial charge in [0.15, 0.2) is 0 Å². The van der Waals surface area contributed by atoms with Crippen molar-refractivity contribution in [1.82, 2.24) is 4.90 Å². The number of fused-ring (bicyclic) bond motifs is 1. The lowest BCUT2D eigenvalue weighted by molar-refractivity contribution is -0.153. The summed E-state index contributed by atoms with van der Waals surface area (Å²) in [5, 5.41) is 2.28. The number of benzene rings is 2. The molecule has 2 aromatic rings. The quantitative estimate of drug-likeness (QED) is 0.802. The Balaban J connectivity index is 1.32. The molecule has 1 heterocycles. The molecular weight excluding hydrogens is 314 g/mol. The minimum absolute atomic E-state index is 0.0850. The molecule has 2 fully saturated rings. The second-order valence-electron chi connectivity index (χ2n) is 7.12. The number of hydrogen-bond acceptors (Lipinski definition) is 3. The average Bonchev–Trinajstić information content (AvgIpc) is 3.51. The molecular formula is C21H23NO3. The van der Waals surface area contributed by atoms with E-state index in [1.807, 2.05) is 29.2 Å². The van der Waals surface area contributed by atoms with Gasteiger partial charge in [0.2, 0.25) is 5.91 Å². The Morgan fingerprint density at radius 3 is 2.40 bits per heavy atom. The van der Waals surface area contributed by atoms with Crippen molar-refractivity contribution in [2.45, 2.75) is 32.3 Å². The average molecular weight is 337 g/mol. The van der Waals surface area contributed by atoms with Crippen LogP contribution in [0.1, 0.15) is 31.2 Å². The van der Waals surface area contributed by atoms with Gasteiger partial charge in [-0.2, -0.15) is 0 Å². The van der Waals surface area contributed by atoms with E-state index in [0.29, 0.717) is 32.5 Å². The molecule has 2 aromatic carbocycles. The number of likely N-dealkylation sites (tertiary alicyclic amines) is 1. The molecule has 4 rings (SSSR count). The molecule has 1 aliphatic carbocycles. The Kier molecular flexibility index (Phi) is 4.43. The van der Waals surface area contributed by atoms with Gasteiger partial charge in [-0.3, -0.25) is 9.59 Å². The molecule has 4 nitrogen and oxygen atoms in total. The molecule has 2 aliphatic rings. The van der Waals surface area contributed by atoms with Gasteiger partial charge in [-0.05, 0) is 42.0 Å². The minimum atomic E-state index is -0.133. The van der Waals surface area contributed by atoms with Crippen LogP contribution >= 0.6 is 0 Å². The Morgan fingerprint density at radius 2 is 1.64 bits per heavy atom. The highest BCUT2D eigenvalue weighted by Crippen LogP contribution is 2.32. The maximum absolute atomic E-state index is 12.4.